The van der Waals surface area contributed by atoms with Crippen LogP contribution < -0.4 is 21.9 Å². The summed E-state index contributed by atoms with van der Waals surface area (Å²) in [5.41, 5.74) is 13.3. The number of nitrogen functional groups attached to an aromatic ring is 1. The van der Waals surface area contributed by atoms with Crippen molar-refractivity contribution in [2.75, 3.05) is 17.6 Å². The SMILES string of the molecule is Nc1nc(NCc2ccc(Cl)cn2)nc(C2CCC3CNNC3C2)n1. The molecule has 3 heterocycles. The third-order valence-electron chi connectivity index (χ3n) is 4.90. The van der Waals surface area contributed by atoms with E-state index in [0.717, 1.165) is 30.9 Å². The number of hydrazine groups is 1. The molecule has 132 valence electrons. The number of hydrogen-bond donors (Lipinski definition) is 4. The maximum atomic E-state index is 5.90. The van der Waals surface area contributed by atoms with E-state index in [-0.39, 0.29) is 5.95 Å². The molecule has 0 aromatic carbocycles. The highest BCUT2D eigenvalue weighted by Gasteiger charge is 2.35. The molecule has 8 nitrogen and oxygen atoms in total. The molecule has 2 aromatic heterocycles. The van der Waals surface area contributed by atoms with E-state index in [2.05, 4.69) is 36.1 Å². The summed E-state index contributed by atoms with van der Waals surface area (Å²) < 4.78 is 0. The van der Waals surface area contributed by atoms with Crippen molar-refractivity contribution in [2.24, 2.45) is 5.92 Å². The molecular formula is C16H21ClN8. The zero-order valence-electron chi connectivity index (χ0n) is 13.7. The maximum Gasteiger partial charge on any atom is 0.228 e. The van der Waals surface area contributed by atoms with Crippen molar-refractivity contribution < 1.29 is 0 Å². The van der Waals surface area contributed by atoms with Crippen molar-refractivity contribution >= 4 is 23.5 Å². The Morgan fingerprint density at radius 1 is 1.24 bits per heavy atom. The van der Waals surface area contributed by atoms with Crippen LogP contribution in [-0.4, -0.2) is 32.5 Å². The van der Waals surface area contributed by atoms with Gasteiger partial charge < -0.3 is 11.1 Å². The summed E-state index contributed by atoms with van der Waals surface area (Å²) >= 11 is 5.85. The normalized spacial score (nSPS) is 25.6. The Bertz CT molecular complexity index is 737. The van der Waals surface area contributed by atoms with Crippen molar-refractivity contribution in [3.63, 3.8) is 0 Å². The number of nitrogens with zero attached hydrogens (tertiary/aromatic N) is 4. The van der Waals surface area contributed by atoms with Crippen molar-refractivity contribution in [3.8, 4) is 0 Å². The van der Waals surface area contributed by atoms with Gasteiger partial charge in [0.2, 0.25) is 11.9 Å². The van der Waals surface area contributed by atoms with Crippen LogP contribution in [0.4, 0.5) is 11.9 Å². The summed E-state index contributed by atoms with van der Waals surface area (Å²) in [5.74, 6) is 2.50. The molecule has 3 atom stereocenters. The van der Waals surface area contributed by atoms with Gasteiger partial charge in [0.25, 0.3) is 0 Å². The Morgan fingerprint density at radius 2 is 2.16 bits per heavy atom. The van der Waals surface area contributed by atoms with Gasteiger partial charge in [0, 0.05) is 24.7 Å². The number of aromatic nitrogens is 4. The van der Waals surface area contributed by atoms with E-state index in [1.165, 1.54) is 6.42 Å². The minimum atomic E-state index is 0.246. The molecule has 2 fully saturated rings. The second-order valence-electron chi connectivity index (χ2n) is 6.60. The number of pyridine rings is 1. The van der Waals surface area contributed by atoms with E-state index >= 15 is 0 Å². The topological polar surface area (TPSA) is 114 Å². The summed E-state index contributed by atoms with van der Waals surface area (Å²) in [4.78, 5) is 17.4. The third-order valence-corrected chi connectivity index (χ3v) is 5.12. The molecule has 25 heavy (non-hydrogen) atoms. The van der Waals surface area contributed by atoms with Crippen LogP contribution in [0.25, 0.3) is 0 Å². The smallest absolute Gasteiger partial charge is 0.228 e. The molecule has 5 N–H and O–H groups in total. The average Bonchev–Trinajstić information content (AvgIpc) is 3.08. The quantitative estimate of drug-likeness (QED) is 0.648. The molecule has 1 saturated carbocycles. The first kappa shape index (κ1) is 16.4. The minimum Gasteiger partial charge on any atom is -0.368 e. The van der Waals surface area contributed by atoms with Crippen LogP contribution in [0.2, 0.25) is 5.02 Å². The molecule has 0 spiro atoms. The van der Waals surface area contributed by atoms with Crippen LogP contribution in [0, 0.1) is 5.92 Å². The predicted octanol–water partition coefficient (Wildman–Crippen LogP) is 1.47. The van der Waals surface area contributed by atoms with Crippen molar-refractivity contribution in [1.29, 1.82) is 0 Å². The van der Waals surface area contributed by atoms with E-state index in [1.807, 2.05) is 6.07 Å². The van der Waals surface area contributed by atoms with E-state index in [4.69, 9.17) is 17.3 Å². The lowest BCUT2D eigenvalue weighted by atomic mass is 9.79. The fraction of sp³-hybridized carbons (Fsp3) is 0.500. The summed E-state index contributed by atoms with van der Waals surface area (Å²) in [6.45, 7) is 1.54. The van der Waals surface area contributed by atoms with Gasteiger partial charge in [0.05, 0.1) is 17.3 Å². The Kier molecular flexibility index (Phi) is 4.65. The predicted molar refractivity (Wildman–Crippen MR) is 95.8 cm³/mol. The lowest BCUT2D eigenvalue weighted by Gasteiger charge is -2.29. The van der Waals surface area contributed by atoms with Gasteiger partial charge in [-0.25, -0.2) is 0 Å². The fourth-order valence-electron chi connectivity index (χ4n) is 3.56. The number of halogens is 1. The van der Waals surface area contributed by atoms with Gasteiger partial charge in [-0.05, 0) is 37.3 Å². The number of nitrogens with two attached hydrogens (primary N) is 1. The Balaban J connectivity index is 1.45. The first-order chi connectivity index (χ1) is 12.2. The lowest BCUT2D eigenvalue weighted by Crippen LogP contribution is -2.36. The van der Waals surface area contributed by atoms with E-state index in [9.17, 15) is 0 Å². The van der Waals surface area contributed by atoms with Gasteiger partial charge in [-0.15, -0.1) is 0 Å². The average molecular weight is 361 g/mol. The molecule has 1 aliphatic heterocycles. The summed E-state index contributed by atoms with van der Waals surface area (Å²) in [7, 11) is 0. The van der Waals surface area contributed by atoms with Crippen molar-refractivity contribution in [1.82, 2.24) is 30.8 Å². The highest BCUT2D eigenvalue weighted by molar-refractivity contribution is 6.30. The van der Waals surface area contributed by atoms with Crippen LogP contribution in [0.3, 0.4) is 0 Å². The fourth-order valence-corrected chi connectivity index (χ4v) is 3.67. The first-order valence-corrected chi connectivity index (χ1v) is 8.89. The Labute approximate surface area is 151 Å². The van der Waals surface area contributed by atoms with Crippen molar-refractivity contribution in [2.45, 2.75) is 37.8 Å². The minimum absolute atomic E-state index is 0.246. The van der Waals surface area contributed by atoms with Crippen molar-refractivity contribution in [3.05, 3.63) is 34.9 Å². The van der Waals surface area contributed by atoms with E-state index in [1.54, 1.807) is 12.3 Å². The number of rotatable bonds is 4. The van der Waals surface area contributed by atoms with Crippen LogP contribution in [0.5, 0.6) is 0 Å². The van der Waals surface area contributed by atoms with Gasteiger partial charge in [0.1, 0.15) is 5.82 Å². The molecule has 0 amide bonds. The Hall–Kier alpha value is -2.03. The van der Waals surface area contributed by atoms with E-state index < -0.39 is 0 Å². The zero-order chi connectivity index (χ0) is 17.2. The van der Waals surface area contributed by atoms with E-state index in [0.29, 0.717) is 35.4 Å². The highest BCUT2D eigenvalue weighted by atomic mass is 35.5. The second kappa shape index (κ2) is 7.07. The second-order valence-corrected chi connectivity index (χ2v) is 7.03. The molecule has 1 saturated heterocycles. The Morgan fingerprint density at radius 3 is 3.00 bits per heavy atom. The van der Waals surface area contributed by atoms with Crippen LogP contribution in [0.1, 0.15) is 36.7 Å². The number of fused-ring (bicyclic) bond motifs is 1. The molecular weight excluding hydrogens is 340 g/mol. The zero-order valence-corrected chi connectivity index (χ0v) is 14.5. The number of nitrogens with one attached hydrogen (secondary N) is 3. The van der Waals surface area contributed by atoms with Crippen LogP contribution >= 0.6 is 11.6 Å². The summed E-state index contributed by atoms with van der Waals surface area (Å²) in [6, 6.07) is 4.15. The van der Waals surface area contributed by atoms with Gasteiger partial charge in [-0.2, -0.15) is 15.0 Å². The monoisotopic (exact) mass is 360 g/mol. The summed E-state index contributed by atoms with van der Waals surface area (Å²) in [6.07, 6.45) is 4.87. The number of hydrogen-bond acceptors (Lipinski definition) is 8. The molecule has 2 aliphatic rings. The molecule has 4 rings (SSSR count). The molecule has 2 aromatic rings. The molecule has 9 heteroatoms. The molecule has 0 bridgehead atoms. The lowest BCUT2D eigenvalue weighted by molar-refractivity contribution is 0.296. The van der Waals surface area contributed by atoms with Gasteiger partial charge in [-0.1, -0.05) is 11.6 Å². The third kappa shape index (κ3) is 3.81. The largest absolute Gasteiger partial charge is 0.368 e. The van der Waals surface area contributed by atoms with Gasteiger partial charge in [-0.3, -0.25) is 15.8 Å². The number of anilines is 2. The van der Waals surface area contributed by atoms with Gasteiger partial charge >= 0.3 is 0 Å². The highest BCUT2D eigenvalue weighted by Crippen LogP contribution is 2.35. The van der Waals surface area contributed by atoms with Crippen LogP contribution in [0.15, 0.2) is 18.3 Å². The standard InChI is InChI=1S/C16H21ClN8/c17-11-3-4-12(19-7-11)8-20-16-23-14(22-15(18)24-16)9-1-2-10-6-21-25-13(10)5-9/h3-4,7,9-10,13,21,25H,1-2,5-6,8H2,(H3,18,20,22,23,24). The molecule has 0 radical (unpaired) electrons. The summed E-state index contributed by atoms with van der Waals surface area (Å²) in [5, 5.41) is 3.78. The van der Waals surface area contributed by atoms with Crippen LogP contribution in [-0.2, 0) is 6.54 Å². The molecule has 1 aliphatic carbocycles. The first-order valence-electron chi connectivity index (χ1n) is 8.51. The maximum absolute atomic E-state index is 5.90. The molecule has 3 unspecified atom stereocenters. The van der Waals surface area contributed by atoms with Gasteiger partial charge in [0.15, 0.2) is 0 Å².